The molecule has 94 valence electrons. The van der Waals surface area contributed by atoms with Gasteiger partial charge in [-0.1, -0.05) is 29.8 Å². The Hall–Kier alpha value is -0.830. The van der Waals surface area contributed by atoms with Gasteiger partial charge in [0.25, 0.3) is 0 Å². The zero-order valence-electron chi connectivity index (χ0n) is 10.8. The number of carbonyl (C=O) groups excluding carboxylic acids is 1. The molecule has 0 aliphatic rings. The quantitative estimate of drug-likeness (QED) is 0.825. The zero-order valence-corrected chi connectivity index (χ0v) is 12.4. The number of benzene rings is 1. The second-order valence-electron chi connectivity index (χ2n) is 4.62. The van der Waals surface area contributed by atoms with Crippen LogP contribution in [0.15, 0.2) is 22.7 Å². The van der Waals surface area contributed by atoms with Crippen LogP contribution in [0, 0.1) is 11.8 Å². The molecule has 1 aromatic carbocycles. The molecule has 1 rings (SSSR count). The van der Waals surface area contributed by atoms with Gasteiger partial charge in [0, 0.05) is 10.4 Å². The van der Waals surface area contributed by atoms with Gasteiger partial charge in [0.2, 0.25) is 0 Å². The van der Waals surface area contributed by atoms with E-state index in [9.17, 15) is 4.79 Å². The van der Waals surface area contributed by atoms with Crippen LogP contribution in [0.4, 0.5) is 0 Å². The van der Waals surface area contributed by atoms with Gasteiger partial charge in [0.15, 0.2) is 0 Å². The Morgan fingerprint density at radius 3 is 2.53 bits per heavy atom. The second kappa shape index (κ2) is 6.20. The maximum absolute atomic E-state index is 11.6. The van der Waals surface area contributed by atoms with Crippen LogP contribution in [0.3, 0.4) is 0 Å². The predicted octanol–water partition coefficient (Wildman–Crippen LogP) is 3.86. The molecular weight excluding hydrogens is 280 g/mol. The number of hydrogen-bond acceptors (Lipinski definition) is 2. The van der Waals surface area contributed by atoms with Crippen LogP contribution in [-0.2, 0) is 11.2 Å². The summed E-state index contributed by atoms with van der Waals surface area (Å²) in [4.78, 5) is 11.6. The van der Waals surface area contributed by atoms with Crippen LogP contribution in [0.2, 0.25) is 0 Å². The average molecular weight is 299 g/mol. The lowest BCUT2D eigenvalue weighted by Crippen LogP contribution is -2.20. The number of ether oxygens (including phenoxy) is 1. The Labute approximate surface area is 111 Å². The Morgan fingerprint density at radius 2 is 2.06 bits per heavy atom. The molecule has 0 aliphatic carbocycles. The van der Waals surface area contributed by atoms with Gasteiger partial charge in [-0.3, -0.25) is 4.79 Å². The molecule has 0 heterocycles. The predicted molar refractivity (Wildman–Crippen MR) is 73.4 cm³/mol. The first kappa shape index (κ1) is 14.2. The lowest BCUT2D eigenvalue weighted by Gasteiger charge is -2.19. The number of Topliss-reactive ketones (excluding diaryl/α,β-unsaturated/α-hetero) is 1. The molecule has 1 unspecified atom stereocenters. The molecule has 3 heteroatoms. The van der Waals surface area contributed by atoms with E-state index in [1.54, 1.807) is 14.0 Å². The minimum atomic E-state index is 0.0539. The summed E-state index contributed by atoms with van der Waals surface area (Å²) in [5.41, 5.74) is 1.08. The first-order valence-electron chi connectivity index (χ1n) is 5.78. The molecule has 0 fully saturated rings. The summed E-state index contributed by atoms with van der Waals surface area (Å²) >= 11 is 3.45. The number of hydrogen-bond donors (Lipinski definition) is 0. The maximum Gasteiger partial charge on any atom is 0.133 e. The van der Waals surface area contributed by atoms with E-state index in [-0.39, 0.29) is 11.7 Å². The highest BCUT2D eigenvalue weighted by atomic mass is 79.9. The Bertz CT molecular complexity index is 399. The number of carbonyl (C=O) groups is 1. The minimum absolute atomic E-state index is 0.0539. The fraction of sp³-hybridized carbons (Fsp3) is 0.500. The van der Waals surface area contributed by atoms with Crippen LogP contribution < -0.4 is 4.74 Å². The van der Waals surface area contributed by atoms with Crippen LogP contribution in [0.1, 0.15) is 26.3 Å². The van der Waals surface area contributed by atoms with Crippen molar-refractivity contribution in [3.05, 3.63) is 28.2 Å². The van der Waals surface area contributed by atoms with E-state index in [0.717, 1.165) is 22.2 Å². The smallest absolute Gasteiger partial charge is 0.133 e. The first-order valence-corrected chi connectivity index (χ1v) is 6.58. The lowest BCUT2D eigenvalue weighted by atomic mass is 9.86. The summed E-state index contributed by atoms with van der Waals surface area (Å²) < 4.78 is 6.34. The highest BCUT2D eigenvalue weighted by molar-refractivity contribution is 9.10. The molecule has 0 saturated carbocycles. The Balaban J connectivity index is 2.99. The molecule has 17 heavy (non-hydrogen) atoms. The molecule has 0 saturated heterocycles. The van der Waals surface area contributed by atoms with E-state index in [1.165, 1.54) is 0 Å². The summed E-state index contributed by atoms with van der Waals surface area (Å²) in [6, 6.07) is 5.90. The molecule has 0 spiro atoms. The van der Waals surface area contributed by atoms with Crippen LogP contribution in [0.25, 0.3) is 0 Å². The van der Waals surface area contributed by atoms with Crippen LogP contribution in [-0.4, -0.2) is 12.9 Å². The number of halogens is 1. The number of rotatable bonds is 5. The topological polar surface area (TPSA) is 26.3 Å². The molecule has 0 aromatic heterocycles. The molecule has 0 radical (unpaired) electrons. The molecule has 0 N–H and O–H groups in total. The summed E-state index contributed by atoms with van der Waals surface area (Å²) in [6.45, 7) is 5.82. The van der Waals surface area contributed by atoms with Crippen molar-refractivity contribution in [3.63, 3.8) is 0 Å². The molecule has 1 atom stereocenters. The van der Waals surface area contributed by atoms with E-state index in [4.69, 9.17) is 4.74 Å². The monoisotopic (exact) mass is 298 g/mol. The van der Waals surface area contributed by atoms with Crippen molar-refractivity contribution in [2.24, 2.45) is 11.8 Å². The van der Waals surface area contributed by atoms with Gasteiger partial charge < -0.3 is 4.74 Å². The van der Waals surface area contributed by atoms with Gasteiger partial charge in [-0.2, -0.15) is 0 Å². The third kappa shape index (κ3) is 3.84. The largest absolute Gasteiger partial charge is 0.496 e. The molecule has 2 nitrogen and oxygen atoms in total. The first-order chi connectivity index (χ1) is 7.95. The number of ketones is 1. The van der Waals surface area contributed by atoms with Crippen molar-refractivity contribution < 1.29 is 9.53 Å². The van der Waals surface area contributed by atoms with Gasteiger partial charge in [0.1, 0.15) is 11.5 Å². The average Bonchev–Trinajstić information content (AvgIpc) is 2.25. The van der Waals surface area contributed by atoms with Crippen molar-refractivity contribution in [3.8, 4) is 5.75 Å². The van der Waals surface area contributed by atoms with E-state index in [2.05, 4.69) is 29.8 Å². The van der Waals surface area contributed by atoms with Gasteiger partial charge in [-0.15, -0.1) is 0 Å². The zero-order chi connectivity index (χ0) is 13.0. The van der Waals surface area contributed by atoms with Gasteiger partial charge >= 0.3 is 0 Å². The molecule has 0 amide bonds. The van der Waals surface area contributed by atoms with Crippen molar-refractivity contribution in [1.82, 2.24) is 0 Å². The molecule has 0 bridgehead atoms. The van der Waals surface area contributed by atoms with E-state index < -0.39 is 0 Å². The van der Waals surface area contributed by atoms with E-state index in [0.29, 0.717) is 5.92 Å². The normalized spacial score (nSPS) is 12.6. The van der Waals surface area contributed by atoms with Crippen molar-refractivity contribution in [1.29, 1.82) is 0 Å². The van der Waals surface area contributed by atoms with Gasteiger partial charge in [-0.05, 0) is 43.0 Å². The maximum atomic E-state index is 11.6. The minimum Gasteiger partial charge on any atom is -0.496 e. The fourth-order valence-corrected chi connectivity index (χ4v) is 2.40. The van der Waals surface area contributed by atoms with Crippen molar-refractivity contribution in [2.75, 3.05) is 7.11 Å². The molecule has 0 aliphatic heterocycles. The van der Waals surface area contributed by atoms with Crippen molar-refractivity contribution >= 4 is 21.7 Å². The van der Waals surface area contributed by atoms with Gasteiger partial charge in [0.05, 0.1) is 7.11 Å². The second-order valence-corrected chi connectivity index (χ2v) is 5.54. The number of methoxy groups -OCH3 is 1. The molecular formula is C14H19BrO2. The highest BCUT2D eigenvalue weighted by Crippen LogP contribution is 2.28. The third-order valence-electron chi connectivity index (χ3n) is 3.01. The van der Waals surface area contributed by atoms with Crippen molar-refractivity contribution in [2.45, 2.75) is 27.2 Å². The van der Waals surface area contributed by atoms with Crippen LogP contribution >= 0.6 is 15.9 Å². The summed E-state index contributed by atoms with van der Waals surface area (Å²) in [5, 5.41) is 0. The van der Waals surface area contributed by atoms with E-state index >= 15 is 0 Å². The van der Waals surface area contributed by atoms with E-state index in [1.807, 2.05) is 18.2 Å². The van der Waals surface area contributed by atoms with Gasteiger partial charge in [-0.25, -0.2) is 0 Å². The van der Waals surface area contributed by atoms with Crippen LogP contribution in [0.5, 0.6) is 5.75 Å². The fourth-order valence-electron chi connectivity index (χ4n) is 1.99. The highest BCUT2D eigenvalue weighted by Gasteiger charge is 2.20. The third-order valence-corrected chi connectivity index (χ3v) is 3.50. The summed E-state index contributed by atoms with van der Waals surface area (Å²) in [5.74, 6) is 1.48. The summed E-state index contributed by atoms with van der Waals surface area (Å²) in [7, 11) is 1.66. The Kier molecular flexibility index (Phi) is 5.19. The summed E-state index contributed by atoms with van der Waals surface area (Å²) in [6.07, 6.45) is 0.732. The lowest BCUT2D eigenvalue weighted by molar-refractivity contribution is -0.121. The standard InChI is InChI=1S/C14H19BrO2/c1-9(2)13(10(3)16)8-11-7-12(15)5-6-14(11)17-4/h5-7,9,13H,8H2,1-4H3. The Morgan fingerprint density at radius 1 is 1.41 bits per heavy atom. The molecule has 1 aromatic rings. The SMILES string of the molecule is COc1ccc(Br)cc1CC(C(C)=O)C(C)C.